The molecule has 5 nitrogen and oxygen atoms in total. The van der Waals surface area contributed by atoms with E-state index < -0.39 is 0 Å². The number of hydrogen-bond acceptors (Lipinski definition) is 4. The number of nitrogens with one attached hydrogen (secondary N) is 2. The molecule has 0 bridgehead atoms. The Kier molecular flexibility index (Phi) is 4.76. The fraction of sp³-hybridized carbons (Fsp3) is 0.154. The van der Waals surface area contributed by atoms with Gasteiger partial charge in [0.1, 0.15) is 0 Å². The van der Waals surface area contributed by atoms with E-state index >= 15 is 0 Å². The molecule has 0 aliphatic carbocycles. The summed E-state index contributed by atoms with van der Waals surface area (Å²) in [5.41, 5.74) is 0.565. The Hall–Kier alpha value is -1.85. The van der Waals surface area contributed by atoms with Crippen LogP contribution in [0.15, 0.2) is 30.3 Å². The average Bonchev–Trinajstić information content (AvgIpc) is 2.44. The third-order valence-corrected chi connectivity index (χ3v) is 3.10. The number of para-hydroxylation sites is 1. The fourth-order valence-electron chi connectivity index (χ4n) is 1.44. The second-order valence-corrected chi connectivity index (χ2v) is 4.74. The van der Waals surface area contributed by atoms with Crippen molar-refractivity contribution in [1.82, 2.24) is 10.2 Å². The van der Waals surface area contributed by atoms with Gasteiger partial charge in [-0.3, -0.25) is 4.79 Å². The first-order valence-electron chi connectivity index (χ1n) is 5.94. The Morgan fingerprint density at radius 1 is 1.10 bits per heavy atom. The summed E-state index contributed by atoms with van der Waals surface area (Å²) in [5.74, 6) is 0.760. The smallest absolute Gasteiger partial charge is 0.225 e. The van der Waals surface area contributed by atoms with E-state index in [-0.39, 0.29) is 5.91 Å². The molecule has 0 aliphatic heterocycles. The monoisotopic (exact) mass is 310 g/mol. The standard InChI is InChI=1S/C13H12Cl2N4O/c1-2-12(20)16-10-6-7-11(19-18-10)17-13-8(14)4-3-5-9(13)15/h3-7H,2H2,1H3,(H,17,19)(H,16,18,20). The van der Waals surface area contributed by atoms with Crippen molar-refractivity contribution in [3.63, 3.8) is 0 Å². The van der Waals surface area contributed by atoms with E-state index in [0.717, 1.165) is 0 Å². The number of carbonyl (C=O) groups is 1. The van der Waals surface area contributed by atoms with E-state index in [9.17, 15) is 4.79 Å². The van der Waals surface area contributed by atoms with Gasteiger partial charge in [0.15, 0.2) is 11.6 Å². The molecular weight excluding hydrogens is 299 g/mol. The van der Waals surface area contributed by atoms with Gasteiger partial charge in [0.05, 0.1) is 15.7 Å². The van der Waals surface area contributed by atoms with Gasteiger partial charge in [-0.2, -0.15) is 0 Å². The highest BCUT2D eigenvalue weighted by Gasteiger charge is 2.07. The molecule has 0 atom stereocenters. The van der Waals surface area contributed by atoms with Crippen molar-refractivity contribution >= 4 is 46.4 Å². The summed E-state index contributed by atoms with van der Waals surface area (Å²) >= 11 is 12.1. The van der Waals surface area contributed by atoms with Crippen molar-refractivity contribution in [3.8, 4) is 0 Å². The molecule has 0 unspecified atom stereocenters. The molecule has 0 spiro atoms. The van der Waals surface area contributed by atoms with Gasteiger partial charge in [-0.25, -0.2) is 0 Å². The topological polar surface area (TPSA) is 66.9 Å². The van der Waals surface area contributed by atoms with E-state index in [4.69, 9.17) is 23.2 Å². The summed E-state index contributed by atoms with van der Waals surface area (Å²) in [5, 5.41) is 14.4. The van der Waals surface area contributed by atoms with Crippen LogP contribution in [0, 0.1) is 0 Å². The zero-order valence-corrected chi connectivity index (χ0v) is 12.2. The number of nitrogens with zero attached hydrogens (tertiary/aromatic N) is 2. The molecule has 104 valence electrons. The zero-order valence-electron chi connectivity index (χ0n) is 10.7. The Morgan fingerprint density at radius 3 is 2.25 bits per heavy atom. The molecule has 0 aliphatic rings. The Morgan fingerprint density at radius 2 is 1.70 bits per heavy atom. The van der Waals surface area contributed by atoms with Gasteiger partial charge in [0.25, 0.3) is 0 Å². The summed E-state index contributed by atoms with van der Waals surface area (Å²) in [4.78, 5) is 11.2. The fourth-order valence-corrected chi connectivity index (χ4v) is 1.93. The maximum Gasteiger partial charge on any atom is 0.225 e. The molecule has 0 fully saturated rings. The van der Waals surface area contributed by atoms with Crippen LogP contribution in [0.5, 0.6) is 0 Å². The Labute approximate surface area is 126 Å². The van der Waals surface area contributed by atoms with Crippen LogP contribution in [0.2, 0.25) is 10.0 Å². The number of aromatic nitrogens is 2. The summed E-state index contributed by atoms with van der Waals surface area (Å²) in [6, 6.07) is 8.52. The summed E-state index contributed by atoms with van der Waals surface area (Å²) < 4.78 is 0. The third kappa shape index (κ3) is 3.59. The zero-order chi connectivity index (χ0) is 14.5. The number of anilines is 3. The van der Waals surface area contributed by atoms with E-state index in [1.165, 1.54) is 0 Å². The Balaban J connectivity index is 2.13. The first-order valence-corrected chi connectivity index (χ1v) is 6.70. The normalized spacial score (nSPS) is 10.2. The van der Waals surface area contributed by atoms with Crippen LogP contribution < -0.4 is 10.6 Å². The number of carbonyl (C=O) groups excluding carboxylic acids is 1. The minimum atomic E-state index is -0.117. The SMILES string of the molecule is CCC(=O)Nc1ccc(Nc2c(Cl)cccc2Cl)nn1. The van der Waals surface area contributed by atoms with E-state index in [1.54, 1.807) is 37.3 Å². The van der Waals surface area contributed by atoms with Crippen LogP contribution in [0.4, 0.5) is 17.3 Å². The van der Waals surface area contributed by atoms with Gasteiger partial charge in [-0.15, -0.1) is 10.2 Å². The quantitative estimate of drug-likeness (QED) is 0.899. The number of benzene rings is 1. The molecule has 20 heavy (non-hydrogen) atoms. The van der Waals surface area contributed by atoms with Crippen molar-refractivity contribution in [2.45, 2.75) is 13.3 Å². The number of halogens is 2. The third-order valence-electron chi connectivity index (χ3n) is 2.47. The molecule has 2 aromatic rings. The molecule has 2 rings (SSSR count). The maximum absolute atomic E-state index is 11.2. The molecule has 1 aromatic heterocycles. The number of hydrogen-bond donors (Lipinski definition) is 2. The van der Waals surface area contributed by atoms with Crippen molar-refractivity contribution in [1.29, 1.82) is 0 Å². The lowest BCUT2D eigenvalue weighted by atomic mass is 10.3. The largest absolute Gasteiger partial charge is 0.336 e. The highest BCUT2D eigenvalue weighted by Crippen LogP contribution is 2.31. The first-order chi connectivity index (χ1) is 9.60. The van der Waals surface area contributed by atoms with Gasteiger partial charge >= 0.3 is 0 Å². The molecule has 2 N–H and O–H groups in total. The predicted molar refractivity (Wildman–Crippen MR) is 80.7 cm³/mol. The second-order valence-electron chi connectivity index (χ2n) is 3.93. The molecule has 0 saturated heterocycles. The van der Waals surface area contributed by atoms with Gasteiger partial charge in [-0.05, 0) is 24.3 Å². The summed E-state index contributed by atoms with van der Waals surface area (Å²) in [6.07, 6.45) is 0.386. The van der Waals surface area contributed by atoms with Crippen LogP contribution in [-0.4, -0.2) is 16.1 Å². The molecule has 7 heteroatoms. The Bertz CT molecular complexity index is 596. The molecular formula is C13H12Cl2N4O. The van der Waals surface area contributed by atoms with Crippen LogP contribution in [0.1, 0.15) is 13.3 Å². The van der Waals surface area contributed by atoms with Gasteiger partial charge < -0.3 is 10.6 Å². The summed E-state index contributed by atoms with van der Waals surface area (Å²) in [7, 11) is 0. The van der Waals surface area contributed by atoms with Crippen molar-refractivity contribution in [3.05, 3.63) is 40.4 Å². The summed E-state index contributed by atoms with van der Waals surface area (Å²) in [6.45, 7) is 1.76. The molecule has 1 aromatic carbocycles. The van der Waals surface area contributed by atoms with Crippen molar-refractivity contribution in [2.75, 3.05) is 10.6 Å². The van der Waals surface area contributed by atoms with Gasteiger partial charge in [-0.1, -0.05) is 36.2 Å². The van der Waals surface area contributed by atoms with E-state index in [1.807, 2.05) is 0 Å². The molecule has 0 radical (unpaired) electrons. The lowest BCUT2D eigenvalue weighted by molar-refractivity contribution is -0.115. The lowest BCUT2D eigenvalue weighted by Crippen LogP contribution is -2.11. The van der Waals surface area contributed by atoms with Crippen LogP contribution >= 0.6 is 23.2 Å². The minimum Gasteiger partial charge on any atom is -0.336 e. The highest BCUT2D eigenvalue weighted by atomic mass is 35.5. The highest BCUT2D eigenvalue weighted by molar-refractivity contribution is 6.39. The van der Waals surface area contributed by atoms with Crippen molar-refractivity contribution in [2.24, 2.45) is 0 Å². The van der Waals surface area contributed by atoms with Crippen molar-refractivity contribution < 1.29 is 4.79 Å². The first kappa shape index (κ1) is 14.6. The van der Waals surface area contributed by atoms with Crippen LogP contribution in [-0.2, 0) is 4.79 Å². The second kappa shape index (κ2) is 6.54. The maximum atomic E-state index is 11.2. The van der Waals surface area contributed by atoms with Gasteiger partial charge in [0, 0.05) is 6.42 Å². The minimum absolute atomic E-state index is 0.117. The predicted octanol–water partition coefficient (Wildman–Crippen LogP) is 3.88. The number of amides is 1. The van der Waals surface area contributed by atoms with E-state index in [0.29, 0.717) is 33.8 Å². The molecule has 1 amide bonds. The number of rotatable bonds is 4. The van der Waals surface area contributed by atoms with Crippen LogP contribution in [0.3, 0.4) is 0 Å². The molecule has 0 saturated carbocycles. The average molecular weight is 311 g/mol. The molecule has 1 heterocycles. The van der Waals surface area contributed by atoms with Crippen LogP contribution in [0.25, 0.3) is 0 Å². The lowest BCUT2D eigenvalue weighted by Gasteiger charge is -2.09. The van der Waals surface area contributed by atoms with E-state index in [2.05, 4.69) is 20.8 Å². The van der Waals surface area contributed by atoms with Gasteiger partial charge in [0.2, 0.25) is 5.91 Å².